The molecule has 6 nitrogen and oxygen atoms in total. The smallest absolute Gasteiger partial charge is 0.271 e. The number of anilines is 1. The lowest BCUT2D eigenvalue weighted by atomic mass is 10.1. The third-order valence-electron chi connectivity index (χ3n) is 2.84. The van der Waals surface area contributed by atoms with Crippen LogP contribution in [0.15, 0.2) is 11.6 Å². The average molecular weight is 265 g/mol. The van der Waals surface area contributed by atoms with Gasteiger partial charge in [-0.3, -0.25) is 9.48 Å². The molecule has 2 aromatic rings. The molecule has 1 amide bonds. The first-order valence-corrected chi connectivity index (χ1v) is 6.37. The number of hydrogen-bond acceptors (Lipinski definition) is 5. The van der Waals surface area contributed by atoms with Crippen molar-refractivity contribution >= 4 is 22.4 Å². The predicted octanol–water partition coefficient (Wildman–Crippen LogP) is 1.26. The van der Waals surface area contributed by atoms with Crippen molar-refractivity contribution in [3.8, 4) is 0 Å². The highest BCUT2D eigenvalue weighted by Gasteiger charge is 2.17. The Hall–Kier alpha value is -1.89. The highest BCUT2D eigenvalue weighted by atomic mass is 32.1. The first-order chi connectivity index (χ1) is 8.49. The summed E-state index contributed by atoms with van der Waals surface area (Å²) in [6.07, 6.45) is 1.76. The van der Waals surface area contributed by atoms with Crippen molar-refractivity contribution in [1.29, 1.82) is 0 Å². The molecule has 0 aromatic carbocycles. The van der Waals surface area contributed by atoms with Crippen LogP contribution in [0.4, 0.5) is 5.13 Å². The monoisotopic (exact) mass is 265 g/mol. The zero-order valence-corrected chi connectivity index (χ0v) is 11.3. The molecule has 2 rings (SSSR count). The number of nitrogens with one attached hydrogen (secondary N) is 1. The van der Waals surface area contributed by atoms with E-state index in [1.807, 2.05) is 20.9 Å². The zero-order valence-electron chi connectivity index (χ0n) is 10.5. The summed E-state index contributed by atoms with van der Waals surface area (Å²) in [5.74, 6) is -0.223. The van der Waals surface area contributed by atoms with E-state index < -0.39 is 0 Å². The van der Waals surface area contributed by atoms with Crippen LogP contribution in [0, 0.1) is 6.92 Å². The van der Waals surface area contributed by atoms with Crippen LogP contribution in [-0.4, -0.2) is 20.7 Å². The van der Waals surface area contributed by atoms with Crippen LogP contribution in [0.1, 0.15) is 34.7 Å². The average Bonchev–Trinajstić information content (AvgIpc) is 2.87. The van der Waals surface area contributed by atoms with Crippen molar-refractivity contribution in [2.75, 3.05) is 5.73 Å². The number of amides is 1. The van der Waals surface area contributed by atoms with Crippen LogP contribution in [-0.2, 0) is 7.05 Å². The van der Waals surface area contributed by atoms with E-state index in [1.165, 1.54) is 11.3 Å². The number of carbonyl (C=O) groups excluding carboxylic acids is 1. The van der Waals surface area contributed by atoms with E-state index >= 15 is 0 Å². The molecule has 0 radical (unpaired) electrons. The summed E-state index contributed by atoms with van der Waals surface area (Å²) in [5.41, 5.74) is 7.88. The molecule has 2 aromatic heterocycles. The van der Waals surface area contributed by atoms with Crippen molar-refractivity contribution in [1.82, 2.24) is 20.1 Å². The van der Waals surface area contributed by atoms with Crippen LogP contribution >= 0.6 is 11.3 Å². The molecular weight excluding hydrogens is 250 g/mol. The maximum absolute atomic E-state index is 11.9. The first-order valence-electron chi connectivity index (χ1n) is 5.49. The minimum absolute atomic E-state index is 0.117. The Morgan fingerprint density at radius 3 is 2.83 bits per heavy atom. The molecule has 0 aliphatic heterocycles. The Morgan fingerprint density at radius 2 is 2.33 bits per heavy atom. The normalized spacial score (nSPS) is 12.4. The summed E-state index contributed by atoms with van der Waals surface area (Å²) >= 11 is 1.25. The SMILES string of the molecule is Cc1c(C(C)NC(=O)c2csc(N)n2)cnn1C. The number of aryl methyl sites for hydroxylation is 1. The van der Waals surface area contributed by atoms with E-state index in [0.717, 1.165) is 11.3 Å². The zero-order chi connectivity index (χ0) is 13.3. The number of carbonyl (C=O) groups is 1. The lowest BCUT2D eigenvalue weighted by Crippen LogP contribution is -2.27. The van der Waals surface area contributed by atoms with Crippen LogP contribution in [0.5, 0.6) is 0 Å². The molecule has 1 unspecified atom stereocenters. The van der Waals surface area contributed by atoms with Crippen LogP contribution in [0.3, 0.4) is 0 Å². The van der Waals surface area contributed by atoms with E-state index in [1.54, 1.807) is 16.3 Å². The fourth-order valence-electron chi connectivity index (χ4n) is 1.68. The van der Waals surface area contributed by atoms with Gasteiger partial charge < -0.3 is 11.1 Å². The van der Waals surface area contributed by atoms with Gasteiger partial charge in [0.2, 0.25) is 0 Å². The van der Waals surface area contributed by atoms with Gasteiger partial charge in [-0.15, -0.1) is 11.3 Å². The lowest BCUT2D eigenvalue weighted by Gasteiger charge is -2.12. The summed E-state index contributed by atoms with van der Waals surface area (Å²) in [6.45, 7) is 3.88. The van der Waals surface area contributed by atoms with Crippen molar-refractivity contribution in [3.63, 3.8) is 0 Å². The first kappa shape index (κ1) is 12.6. The number of nitrogens with zero attached hydrogens (tertiary/aromatic N) is 3. The molecular formula is C11H15N5OS. The molecule has 0 aliphatic carbocycles. The molecule has 0 fully saturated rings. The van der Waals surface area contributed by atoms with Gasteiger partial charge in [0.05, 0.1) is 12.2 Å². The maximum Gasteiger partial charge on any atom is 0.271 e. The van der Waals surface area contributed by atoms with E-state index in [0.29, 0.717) is 10.8 Å². The van der Waals surface area contributed by atoms with E-state index in [2.05, 4.69) is 15.4 Å². The second kappa shape index (κ2) is 4.77. The minimum Gasteiger partial charge on any atom is -0.375 e. The van der Waals surface area contributed by atoms with Crippen LogP contribution in [0.25, 0.3) is 0 Å². The van der Waals surface area contributed by atoms with Gasteiger partial charge in [0.1, 0.15) is 5.69 Å². The molecule has 7 heteroatoms. The highest BCUT2D eigenvalue weighted by molar-refractivity contribution is 7.13. The fraction of sp³-hybridized carbons (Fsp3) is 0.364. The fourth-order valence-corrected chi connectivity index (χ4v) is 2.22. The number of aromatic nitrogens is 3. The maximum atomic E-state index is 11.9. The van der Waals surface area contributed by atoms with Gasteiger partial charge in [-0.2, -0.15) is 5.10 Å². The summed E-state index contributed by atoms with van der Waals surface area (Å²) in [6, 6.07) is -0.117. The molecule has 0 bridgehead atoms. The molecule has 2 heterocycles. The van der Waals surface area contributed by atoms with E-state index in [9.17, 15) is 4.79 Å². The van der Waals surface area contributed by atoms with Gasteiger partial charge in [0.25, 0.3) is 5.91 Å². The Bertz CT molecular complexity index is 574. The van der Waals surface area contributed by atoms with Crippen molar-refractivity contribution in [2.45, 2.75) is 19.9 Å². The second-order valence-corrected chi connectivity index (χ2v) is 4.96. The molecule has 0 spiro atoms. The molecule has 0 aliphatic rings. The summed E-state index contributed by atoms with van der Waals surface area (Å²) in [4.78, 5) is 15.9. The third-order valence-corrected chi connectivity index (χ3v) is 3.52. The van der Waals surface area contributed by atoms with Gasteiger partial charge in [-0.25, -0.2) is 4.98 Å². The van der Waals surface area contributed by atoms with E-state index in [4.69, 9.17) is 5.73 Å². The van der Waals surface area contributed by atoms with Gasteiger partial charge in [0, 0.05) is 23.7 Å². The molecule has 0 saturated carbocycles. The standard InChI is InChI=1S/C11H15N5OS/c1-6(8-4-13-16(3)7(8)2)14-10(17)9-5-18-11(12)15-9/h4-6H,1-3H3,(H2,12,15)(H,14,17). The van der Waals surface area contributed by atoms with E-state index in [-0.39, 0.29) is 11.9 Å². The number of thiazole rings is 1. The number of nitrogens with two attached hydrogens (primary N) is 1. The summed E-state index contributed by atoms with van der Waals surface area (Å²) in [7, 11) is 1.87. The molecule has 3 N–H and O–H groups in total. The third kappa shape index (κ3) is 2.35. The number of rotatable bonds is 3. The minimum atomic E-state index is -0.223. The molecule has 96 valence electrons. The molecule has 1 atom stereocenters. The van der Waals surface area contributed by atoms with Gasteiger partial charge >= 0.3 is 0 Å². The van der Waals surface area contributed by atoms with Crippen molar-refractivity contribution in [3.05, 3.63) is 28.5 Å². The summed E-state index contributed by atoms with van der Waals surface area (Å²) < 4.78 is 1.78. The van der Waals surface area contributed by atoms with Gasteiger partial charge in [-0.1, -0.05) is 0 Å². The number of hydrogen-bond donors (Lipinski definition) is 2. The lowest BCUT2D eigenvalue weighted by molar-refractivity contribution is 0.0935. The highest BCUT2D eigenvalue weighted by Crippen LogP contribution is 2.17. The largest absolute Gasteiger partial charge is 0.375 e. The van der Waals surface area contributed by atoms with Crippen LogP contribution < -0.4 is 11.1 Å². The second-order valence-electron chi connectivity index (χ2n) is 4.08. The Labute approximate surface area is 109 Å². The number of nitrogen functional groups attached to an aromatic ring is 1. The Kier molecular flexibility index (Phi) is 3.33. The van der Waals surface area contributed by atoms with Crippen LogP contribution in [0.2, 0.25) is 0 Å². The molecule has 18 heavy (non-hydrogen) atoms. The van der Waals surface area contributed by atoms with Crippen molar-refractivity contribution in [2.24, 2.45) is 7.05 Å². The Balaban J connectivity index is 2.10. The van der Waals surface area contributed by atoms with Gasteiger partial charge in [-0.05, 0) is 13.8 Å². The Morgan fingerprint density at radius 1 is 1.61 bits per heavy atom. The predicted molar refractivity (Wildman–Crippen MR) is 70.4 cm³/mol. The van der Waals surface area contributed by atoms with Crippen molar-refractivity contribution < 1.29 is 4.79 Å². The van der Waals surface area contributed by atoms with Gasteiger partial charge in [0.15, 0.2) is 5.13 Å². The topological polar surface area (TPSA) is 85.8 Å². The summed E-state index contributed by atoms with van der Waals surface area (Å²) in [5, 5.41) is 9.07. The quantitative estimate of drug-likeness (QED) is 0.874. The molecule has 0 saturated heterocycles.